The van der Waals surface area contributed by atoms with E-state index in [1.807, 2.05) is 6.07 Å². The molecule has 0 saturated carbocycles. The van der Waals surface area contributed by atoms with Gasteiger partial charge in [0.15, 0.2) is 0 Å². The molecule has 96 valence electrons. The first-order valence-electron chi connectivity index (χ1n) is 6.61. The van der Waals surface area contributed by atoms with E-state index in [4.69, 9.17) is 0 Å². The molecule has 0 amide bonds. The Labute approximate surface area is 108 Å². The van der Waals surface area contributed by atoms with Gasteiger partial charge in [-0.05, 0) is 31.9 Å². The van der Waals surface area contributed by atoms with Gasteiger partial charge < -0.3 is 4.90 Å². The van der Waals surface area contributed by atoms with Gasteiger partial charge in [-0.25, -0.2) is 4.39 Å². The number of hydrogen-bond acceptors (Lipinski definition) is 2. The van der Waals surface area contributed by atoms with E-state index in [1.54, 1.807) is 0 Å². The monoisotopic (exact) mass is 246 g/mol. The van der Waals surface area contributed by atoms with Crippen molar-refractivity contribution >= 4 is 5.69 Å². The first kappa shape index (κ1) is 12.9. The highest BCUT2D eigenvalue weighted by molar-refractivity contribution is 5.68. The fraction of sp³-hybridized carbons (Fsp3) is 0.533. The highest BCUT2D eigenvalue weighted by Crippen LogP contribution is 2.47. The van der Waals surface area contributed by atoms with E-state index in [1.165, 1.54) is 6.07 Å². The van der Waals surface area contributed by atoms with Gasteiger partial charge in [0, 0.05) is 29.8 Å². The van der Waals surface area contributed by atoms with Gasteiger partial charge in [-0.15, -0.1) is 0 Å². The summed E-state index contributed by atoms with van der Waals surface area (Å²) in [5.41, 5.74) is 2.14. The summed E-state index contributed by atoms with van der Waals surface area (Å²) in [6.07, 6.45) is 1.87. The molecule has 2 rings (SSSR count). The van der Waals surface area contributed by atoms with Crippen LogP contribution in [0, 0.1) is 17.1 Å². The van der Waals surface area contributed by atoms with Crippen LogP contribution >= 0.6 is 0 Å². The maximum absolute atomic E-state index is 13.9. The van der Waals surface area contributed by atoms with Gasteiger partial charge in [0.25, 0.3) is 0 Å². The highest BCUT2D eigenvalue weighted by atomic mass is 19.1. The van der Waals surface area contributed by atoms with Crippen LogP contribution in [0.25, 0.3) is 0 Å². The molecule has 0 bridgehead atoms. The number of nitriles is 1. The number of anilines is 1. The summed E-state index contributed by atoms with van der Waals surface area (Å²) in [4.78, 5) is 2.25. The molecule has 1 aliphatic heterocycles. The molecule has 0 N–H and O–H groups in total. The number of hydrogen-bond donors (Lipinski definition) is 0. The van der Waals surface area contributed by atoms with Gasteiger partial charge in [0.2, 0.25) is 0 Å². The summed E-state index contributed by atoms with van der Waals surface area (Å²) in [6, 6.07) is 5.30. The van der Waals surface area contributed by atoms with Crippen LogP contribution in [-0.2, 0) is 5.41 Å². The van der Waals surface area contributed by atoms with Gasteiger partial charge in [-0.3, -0.25) is 0 Å². The molecule has 0 aliphatic carbocycles. The zero-order valence-electron chi connectivity index (χ0n) is 11.3. The second-order valence-corrected chi connectivity index (χ2v) is 4.93. The number of nitrogens with zero attached hydrogens (tertiary/aromatic N) is 2. The van der Waals surface area contributed by atoms with Crippen LogP contribution in [0.4, 0.5) is 10.1 Å². The predicted octanol–water partition coefficient (Wildman–Crippen LogP) is 3.60. The molecule has 1 aromatic carbocycles. The number of fused-ring (bicyclic) bond motifs is 1. The lowest BCUT2D eigenvalue weighted by molar-refractivity contribution is 0.418. The third-order valence-corrected chi connectivity index (χ3v) is 4.34. The maximum atomic E-state index is 13.9. The number of rotatable bonds is 3. The molecule has 1 aliphatic rings. The molecule has 0 aromatic heterocycles. The van der Waals surface area contributed by atoms with Gasteiger partial charge >= 0.3 is 0 Å². The third kappa shape index (κ3) is 1.59. The smallest absolute Gasteiger partial charge is 0.141 e. The van der Waals surface area contributed by atoms with Crippen molar-refractivity contribution in [1.82, 2.24) is 0 Å². The molecule has 2 nitrogen and oxygen atoms in total. The topological polar surface area (TPSA) is 27.0 Å². The molecule has 0 radical (unpaired) electrons. The van der Waals surface area contributed by atoms with Crippen LogP contribution in [0.3, 0.4) is 0 Å². The Bertz CT molecular complexity index is 498. The van der Waals surface area contributed by atoms with Crippen molar-refractivity contribution in [1.29, 1.82) is 5.26 Å². The second kappa shape index (κ2) is 4.61. The molecule has 1 aromatic rings. The van der Waals surface area contributed by atoms with E-state index in [-0.39, 0.29) is 16.8 Å². The van der Waals surface area contributed by atoms with E-state index in [2.05, 4.69) is 31.7 Å². The van der Waals surface area contributed by atoms with Crippen molar-refractivity contribution in [3.05, 3.63) is 29.1 Å². The molecule has 1 heterocycles. The minimum atomic E-state index is -0.388. The first-order chi connectivity index (χ1) is 8.63. The summed E-state index contributed by atoms with van der Waals surface area (Å²) >= 11 is 0. The Morgan fingerprint density at radius 2 is 2.00 bits per heavy atom. The van der Waals surface area contributed by atoms with E-state index < -0.39 is 0 Å². The van der Waals surface area contributed by atoms with Gasteiger partial charge in [0.05, 0.1) is 5.56 Å². The number of likely N-dealkylation sites (N-methyl/N-ethyl adjacent to an activating group) is 1. The minimum absolute atomic E-state index is 0.0709. The molecule has 3 heteroatoms. The fourth-order valence-electron chi connectivity index (χ4n) is 3.11. The quantitative estimate of drug-likeness (QED) is 0.814. The Hall–Kier alpha value is -1.56. The standard InChI is InChI=1S/C15H19FN2/c1-4-15(5-2)10-18(6-3)13-8-7-12(16)11(9-17)14(13)15/h7-8H,4-6,10H2,1-3H3. The number of benzene rings is 1. The van der Waals surface area contributed by atoms with Crippen LogP contribution in [0.5, 0.6) is 0 Å². The molecule has 0 spiro atoms. The molecule has 0 unspecified atom stereocenters. The lowest BCUT2D eigenvalue weighted by Crippen LogP contribution is -2.32. The lowest BCUT2D eigenvalue weighted by atomic mass is 9.75. The molecular weight excluding hydrogens is 227 g/mol. The minimum Gasteiger partial charge on any atom is -0.371 e. The van der Waals surface area contributed by atoms with Crippen LogP contribution in [0.2, 0.25) is 0 Å². The molecule has 0 atom stereocenters. The second-order valence-electron chi connectivity index (χ2n) is 4.93. The predicted molar refractivity (Wildman–Crippen MR) is 71.3 cm³/mol. The van der Waals surface area contributed by atoms with Gasteiger partial charge in [-0.1, -0.05) is 13.8 Å². The van der Waals surface area contributed by atoms with Crippen LogP contribution in [-0.4, -0.2) is 13.1 Å². The summed E-state index contributed by atoms with van der Waals surface area (Å²) < 4.78 is 13.9. The lowest BCUT2D eigenvalue weighted by Gasteiger charge is -2.28. The Morgan fingerprint density at radius 3 is 2.50 bits per heavy atom. The average Bonchev–Trinajstić information content (AvgIpc) is 2.73. The van der Waals surface area contributed by atoms with Gasteiger partial charge in [0.1, 0.15) is 11.9 Å². The highest BCUT2D eigenvalue weighted by Gasteiger charge is 2.42. The Morgan fingerprint density at radius 1 is 1.33 bits per heavy atom. The van der Waals surface area contributed by atoms with Crippen molar-refractivity contribution in [2.75, 3.05) is 18.0 Å². The average molecular weight is 246 g/mol. The zero-order chi connectivity index (χ0) is 13.3. The van der Waals surface area contributed by atoms with E-state index in [9.17, 15) is 9.65 Å². The van der Waals surface area contributed by atoms with E-state index in [0.717, 1.165) is 37.2 Å². The van der Waals surface area contributed by atoms with Crippen molar-refractivity contribution in [2.45, 2.75) is 39.0 Å². The summed E-state index contributed by atoms with van der Waals surface area (Å²) in [5, 5.41) is 9.26. The van der Waals surface area contributed by atoms with Crippen molar-refractivity contribution < 1.29 is 4.39 Å². The van der Waals surface area contributed by atoms with Crippen molar-refractivity contribution in [3.63, 3.8) is 0 Å². The van der Waals surface area contributed by atoms with Gasteiger partial charge in [-0.2, -0.15) is 5.26 Å². The molecule has 18 heavy (non-hydrogen) atoms. The summed E-state index contributed by atoms with van der Waals surface area (Å²) in [7, 11) is 0. The molecule has 0 fully saturated rings. The van der Waals surface area contributed by atoms with Crippen molar-refractivity contribution in [3.8, 4) is 6.07 Å². The van der Waals surface area contributed by atoms with Crippen LogP contribution in [0.1, 0.15) is 44.7 Å². The third-order valence-electron chi connectivity index (χ3n) is 4.34. The largest absolute Gasteiger partial charge is 0.371 e. The van der Waals surface area contributed by atoms with Crippen LogP contribution in [0.15, 0.2) is 12.1 Å². The van der Waals surface area contributed by atoms with Crippen molar-refractivity contribution in [2.24, 2.45) is 0 Å². The van der Waals surface area contributed by atoms with E-state index in [0.29, 0.717) is 0 Å². The number of halogens is 1. The van der Waals surface area contributed by atoms with Crippen LogP contribution < -0.4 is 4.90 Å². The zero-order valence-corrected chi connectivity index (χ0v) is 11.3. The first-order valence-corrected chi connectivity index (χ1v) is 6.61. The molecule has 0 saturated heterocycles. The SMILES string of the molecule is CCN1CC(CC)(CC)c2c1ccc(F)c2C#N. The Balaban J connectivity index is 2.73. The maximum Gasteiger partial charge on any atom is 0.141 e. The fourth-order valence-corrected chi connectivity index (χ4v) is 3.11. The van der Waals surface area contributed by atoms with E-state index >= 15 is 0 Å². The molecular formula is C15H19FN2. The normalized spacial score (nSPS) is 16.5. The summed E-state index contributed by atoms with van der Waals surface area (Å²) in [6.45, 7) is 8.13. The Kier molecular flexibility index (Phi) is 3.30. The summed E-state index contributed by atoms with van der Waals surface area (Å²) in [5.74, 6) is -0.388.